The van der Waals surface area contributed by atoms with Crippen LogP contribution in [-0.4, -0.2) is 18.9 Å². The van der Waals surface area contributed by atoms with Gasteiger partial charge >= 0.3 is 0 Å². The molecule has 0 aromatic carbocycles. The van der Waals surface area contributed by atoms with E-state index in [4.69, 9.17) is 0 Å². The van der Waals surface area contributed by atoms with Gasteiger partial charge in [0.15, 0.2) is 0 Å². The van der Waals surface area contributed by atoms with E-state index >= 15 is 0 Å². The van der Waals surface area contributed by atoms with Crippen LogP contribution in [0.3, 0.4) is 0 Å². The summed E-state index contributed by atoms with van der Waals surface area (Å²) in [7, 11) is 0. The third kappa shape index (κ3) is 8.48. The Hall–Kier alpha value is 0.574. The van der Waals surface area contributed by atoms with Gasteiger partial charge in [0, 0.05) is 32.7 Å². The van der Waals surface area contributed by atoms with Crippen LogP contribution in [0.2, 0.25) is 0 Å². The van der Waals surface area contributed by atoms with Gasteiger partial charge < -0.3 is 10.3 Å². The molecule has 0 N–H and O–H groups in total. The number of hydrogen-bond acceptors (Lipinski definition) is 1. The molecule has 11 heavy (non-hydrogen) atoms. The zero-order valence-corrected chi connectivity index (χ0v) is 10.6. The van der Waals surface area contributed by atoms with Gasteiger partial charge in [-0.05, 0) is 6.42 Å². The Morgan fingerprint density at radius 3 is 2.27 bits per heavy atom. The molecule has 0 aliphatic rings. The van der Waals surface area contributed by atoms with Gasteiger partial charge in [0.2, 0.25) is 0 Å². The molecule has 0 bridgehead atoms. The average Bonchev–Trinajstić information content (AvgIpc) is 1.90. The van der Waals surface area contributed by atoms with Crippen LogP contribution in [0.5, 0.6) is 0 Å². The molecule has 0 aliphatic heterocycles. The van der Waals surface area contributed by atoms with Crippen molar-refractivity contribution in [2.24, 2.45) is 4.99 Å². The van der Waals surface area contributed by atoms with E-state index in [-0.39, 0.29) is 32.7 Å². The van der Waals surface area contributed by atoms with Gasteiger partial charge in [0.1, 0.15) is 0 Å². The molecule has 3 heteroatoms. The average molecular weight is 230 g/mol. The standard InChI is InChI=1S/C8H17N2.Y/c1-4-7-8(9-5-2)10-6-3;/h4-7H2,1-3H3;/q-1;. The van der Waals surface area contributed by atoms with Crippen molar-refractivity contribution in [3.63, 3.8) is 0 Å². The predicted octanol–water partition coefficient (Wildman–Crippen LogP) is 2.60. The fourth-order valence-electron chi connectivity index (χ4n) is 0.797. The molecule has 63 valence electrons. The van der Waals surface area contributed by atoms with Gasteiger partial charge in [-0.25, -0.2) is 0 Å². The van der Waals surface area contributed by atoms with Crippen molar-refractivity contribution in [2.45, 2.75) is 33.6 Å². The fraction of sp³-hybridized carbons (Fsp3) is 0.875. The first-order valence-electron chi connectivity index (χ1n) is 4.05. The van der Waals surface area contributed by atoms with E-state index in [0.717, 1.165) is 31.8 Å². The van der Waals surface area contributed by atoms with Crippen LogP contribution in [0.4, 0.5) is 0 Å². The van der Waals surface area contributed by atoms with Crippen molar-refractivity contribution in [3.05, 3.63) is 5.32 Å². The second-order valence-electron chi connectivity index (χ2n) is 2.11. The number of nitrogens with zero attached hydrogens (tertiary/aromatic N) is 2. The van der Waals surface area contributed by atoms with Gasteiger partial charge in [-0.2, -0.15) is 0 Å². The SMILES string of the molecule is CCCC(=NCC)[N-]CC.[Y]. The molecular formula is C8H17N2Y-. The Labute approximate surface area is 95.1 Å². The van der Waals surface area contributed by atoms with E-state index in [1.807, 2.05) is 13.8 Å². The number of rotatable bonds is 4. The minimum absolute atomic E-state index is 0. The van der Waals surface area contributed by atoms with E-state index in [0.29, 0.717) is 0 Å². The quantitative estimate of drug-likeness (QED) is 0.524. The summed E-state index contributed by atoms with van der Waals surface area (Å²) in [6, 6.07) is 0. The monoisotopic (exact) mass is 230 g/mol. The van der Waals surface area contributed by atoms with Crippen LogP contribution < -0.4 is 0 Å². The summed E-state index contributed by atoms with van der Waals surface area (Å²) < 4.78 is 0. The molecule has 0 aromatic heterocycles. The van der Waals surface area contributed by atoms with E-state index in [9.17, 15) is 0 Å². The summed E-state index contributed by atoms with van der Waals surface area (Å²) in [5.74, 6) is 1.03. The Bertz CT molecular complexity index is 94.3. The molecule has 1 radical (unpaired) electrons. The maximum Gasteiger partial charge on any atom is 0 e. The van der Waals surface area contributed by atoms with Gasteiger partial charge in [-0.1, -0.05) is 46.1 Å². The minimum atomic E-state index is 0. The van der Waals surface area contributed by atoms with Crippen LogP contribution >= 0.6 is 0 Å². The molecule has 0 heterocycles. The Balaban J connectivity index is 0. The maximum atomic E-state index is 4.25. The molecule has 0 fully saturated rings. The predicted molar refractivity (Wildman–Crippen MR) is 46.8 cm³/mol. The van der Waals surface area contributed by atoms with Gasteiger partial charge in [-0.3, -0.25) is 0 Å². The molecule has 0 aliphatic carbocycles. The molecular weight excluding hydrogens is 213 g/mol. The van der Waals surface area contributed by atoms with Crippen LogP contribution in [0.1, 0.15) is 33.6 Å². The van der Waals surface area contributed by atoms with Crippen molar-refractivity contribution in [2.75, 3.05) is 13.1 Å². The molecule has 0 unspecified atom stereocenters. The summed E-state index contributed by atoms with van der Waals surface area (Å²) in [5.41, 5.74) is 0. The molecule has 0 atom stereocenters. The van der Waals surface area contributed by atoms with Crippen molar-refractivity contribution in [3.8, 4) is 0 Å². The van der Waals surface area contributed by atoms with E-state index < -0.39 is 0 Å². The summed E-state index contributed by atoms with van der Waals surface area (Å²) in [4.78, 5) is 4.25. The molecule has 2 nitrogen and oxygen atoms in total. The molecule has 0 rings (SSSR count). The molecule has 0 amide bonds. The number of amidine groups is 1. The summed E-state index contributed by atoms with van der Waals surface area (Å²) in [5, 5.41) is 4.25. The number of aliphatic imine (C=N–C) groups is 1. The smallest absolute Gasteiger partial charge is 0 e. The largest absolute Gasteiger partial charge is 0.470 e. The summed E-state index contributed by atoms with van der Waals surface area (Å²) >= 11 is 0. The first-order chi connectivity index (χ1) is 4.85. The Kier molecular flexibility index (Phi) is 13.6. The van der Waals surface area contributed by atoms with Crippen molar-refractivity contribution < 1.29 is 32.7 Å². The molecule has 0 aromatic rings. The van der Waals surface area contributed by atoms with E-state index in [2.05, 4.69) is 17.2 Å². The van der Waals surface area contributed by atoms with E-state index in [1.54, 1.807) is 0 Å². The number of hydrogen-bond donors (Lipinski definition) is 0. The first kappa shape index (κ1) is 14.1. The normalized spacial score (nSPS) is 10.6. The molecule has 0 saturated carbocycles. The summed E-state index contributed by atoms with van der Waals surface area (Å²) in [6.45, 7) is 7.95. The van der Waals surface area contributed by atoms with Gasteiger partial charge in [0.25, 0.3) is 0 Å². The third-order valence-corrected chi connectivity index (χ3v) is 1.15. The molecule has 0 spiro atoms. The van der Waals surface area contributed by atoms with Crippen LogP contribution in [0.25, 0.3) is 5.32 Å². The van der Waals surface area contributed by atoms with Crippen LogP contribution in [0, 0.1) is 0 Å². The second kappa shape index (κ2) is 10.6. The van der Waals surface area contributed by atoms with Crippen molar-refractivity contribution in [1.29, 1.82) is 0 Å². The van der Waals surface area contributed by atoms with Gasteiger partial charge in [0.05, 0.1) is 0 Å². The minimum Gasteiger partial charge on any atom is -0.470 e. The zero-order valence-electron chi connectivity index (χ0n) is 7.80. The zero-order chi connectivity index (χ0) is 7.82. The topological polar surface area (TPSA) is 26.5 Å². The fourth-order valence-corrected chi connectivity index (χ4v) is 0.797. The Morgan fingerprint density at radius 2 is 1.91 bits per heavy atom. The second-order valence-corrected chi connectivity index (χ2v) is 2.11. The van der Waals surface area contributed by atoms with Crippen molar-refractivity contribution >= 4 is 5.84 Å². The third-order valence-electron chi connectivity index (χ3n) is 1.15. The van der Waals surface area contributed by atoms with Crippen LogP contribution in [0.15, 0.2) is 4.99 Å². The van der Waals surface area contributed by atoms with Crippen LogP contribution in [-0.2, 0) is 32.7 Å². The van der Waals surface area contributed by atoms with E-state index in [1.165, 1.54) is 0 Å². The summed E-state index contributed by atoms with van der Waals surface area (Å²) in [6.07, 6.45) is 2.17. The van der Waals surface area contributed by atoms with Crippen molar-refractivity contribution in [1.82, 2.24) is 0 Å². The Morgan fingerprint density at radius 1 is 1.27 bits per heavy atom. The molecule has 0 saturated heterocycles. The first-order valence-corrected chi connectivity index (χ1v) is 4.05. The maximum absolute atomic E-state index is 4.25. The van der Waals surface area contributed by atoms with Gasteiger partial charge in [-0.15, -0.1) is 0 Å².